The van der Waals surface area contributed by atoms with Crippen LogP contribution in [0.3, 0.4) is 0 Å². The van der Waals surface area contributed by atoms with Crippen LogP contribution in [0.1, 0.15) is 24.0 Å². The Labute approximate surface area is 210 Å². The molecule has 1 N–H and O–H groups in total. The SMILES string of the molecule is O=S1(=O)N[C@]2(CN1CC(F)(F)F)[C@@H]1CC[C@H]2Cc2cc(-c3ncc(-c4ccc(F)cc4)s3)ccc2C1. The van der Waals surface area contributed by atoms with Crippen molar-refractivity contribution in [2.45, 2.75) is 37.4 Å². The lowest BCUT2D eigenvalue weighted by molar-refractivity contribution is -0.136. The Morgan fingerprint density at radius 2 is 1.69 bits per heavy atom. The van der Waals surface area contributed by atoms with Gasteiger partial charge < -0.3 is 0 Å². The second-order valence-electron chi connectivity index (χ2n) is 9.93. The average Bonchev–Trinajstić information content (AvgIpc) is 3.43. The smallest absolute Gasteiger partial charge is 0.244 e. The van der Waals surface area contributed by atoms with E-state index < -0.39 is 28.5 Å². The molecule has 1 saturated carbocycles. The molecule has 6 rings (SSSR count). The minimum absolute atomic E-state index is 0.0625. The summed E-state index contributed by atoms with van der Waals surface area (Å²) < 4.78 is 81.2. The van der Waals surface area contributed by atoms with Gasteiger partial charge in [-0.2, -0.15) is 30.6 Å². The molecule has 1 aliphatic heterocycles. The number of thiazole rings is 1. The highest BCUT2D eigenvalue weighted by molar-refractivity contribution is 7.87. The molecule has 1 saturated heterocycles. The maximum Gasteiger partial charge on any atom is 0.402 e. The summed E-state index contributed by atoms with van der Waals surface area (Å²) in [5, 5.41) is 0.819. The fourth-order valence-corrected chi connectivity index (χ4v) is 8.76. The Morgan fingerprint density at radius 3 is 2.39 bits per heavy atom. The standard InChI is InChI=1S/C25H23F4N3O2S2/c26-21-7-3-15(4-8-21)22-12-30-23(35-22)17-2-1-16-10-19-5-6-20(11-18(16)9-17)24(19)13-32(14-25(27,28)29)36(33,34)31-24/h1-4,7-9,12,19-20,31H,5-6,10-11,13-14H2/t19-,20+,24-/m1/s1. The Bertz CT molecular complexity index is 1420. The lowest BCUT2D eigenvalue weighted by Crippen LogP contribution is -2.52. The van der Waals surface area contributed by atoms with Crippen molar-refractivity contribution >= 4 is 21.5 Å². The van der Waals surface area contributed by atoms with Crippen molar-refractivity contribution in [2.75, 3.05) is 13.1 Å². The van der Waals surface area contributed by atoms with Crippen molar-refractivity contribution in [3.63, 3.8) is 0 Å². The number of fused-ring (bicyclic) bond motifs is 1. The van der Waals surface area contributed by atoms with Crippen molar-refractivity contribution in [2.24, 2.45) is 11.8 Å². The van der Waals surface area contributed by atoms with Crippen LogP contribution >= 0.6 is 11.3 Å². The van der Waals surface area contributed by atoms with Crippen molar-refractivity contribution in [1.82, 2.24) is 14.0 Å². The molecular formula is C25H23F4N3O2S2. The van der Waals surface area contributed by atoms with E-state index in [9.17, 15) is 26.0 Å². The lowest BCUT2D eigenvalue weighted by atomic mass is 9.79. The monoisotopic (exact) mass is 537 g/mol. The lowest BCUT2D eigenvalue weighted by Gasteiger charge is -2.33. The Balaban J connectivity index is 1.29. The van der Waals surface area contributed by atoms with Crippen LogP contribution in [-0.2, 0) is 23.1 Å². The third-order valence-electron chi connectivity index (χ3n) is 7.79. The quantitative estimate of drug-likeness (QED) is 0.468. The number of aromatic nitrogens is 1. The Hall–Kier alpha value is -2.34. The van der Waals surface area contributed by atoms with Gasteiger partial charge in [0.2, 0.25) is 0 Å². The molecule has 2 fully saturated rings. The van der Waals surface area contributed by atoms with E-state index in [2.05, 4.69) is 15.8 Å². The number of rotatable bonds is 3. The van der Waals surface area contributed by atoms with Crippen molar-refractivity contribution in [1.29, 1.82) is 0 Å². The molecule has 3 aromatic rings. The predicted octanol–water partition coefficient (Wildman–Crippen LogP) is 5.19. The molecule has 2 aromatic carbocycles. The second kappa shape index (κ2) is 8.34. The number of nitrogens with one attached hydrogen (secondary N) is 1. The van der Waals surface area contributed by atoms with Crippen LogP contribution in [0, 0.1) is 17.7 Å². The normalized spacial score (nSPS) is 27.3. The summed E-state index contributed by atoms with van der Waals surface area (Å²) in [5.74, 6) is -0.446. The molecular weight excluding hydrogens is 514 g/mol. The first-order valence-electron chi connectivity index (χ1n) is 11.7. The summed E-state index contributed by atoms with van der Waals surface area (Å²) in [4.78, 5) is 5.48. The van der Waals surface area contributed by atoms with Crippen LogP contribution in [-0.4, -0.2) is 42.5 Å². The number of alkyl halides is 3. The van der Waals surface area contributed by atoms with Crippen molar-refractivity contribution < 1.29 is 26.0 Å². The molecule has 36 heavy (non-hydrogen) atoms. The molecule has 11 heteroatoms. The van der Waals surface area contributed by atoms with Gasteiger partial charge in [-0.15, -0.1) is 11.3 Å². The van der Waals surface area contributed by atoms with E-state index in [1.54, 1.807) is 18.3 Å². The van der Waals surface area contributed by atoms with Gasteiger partial charge in [0.15, 0.2) is 0 Å². The zero-order valence-electron chi connectivity index (χ0n) is 19.1. The summed E-state index contributed by atoms with van der Waals surface area (Å²) in [6.07, 6.45) is -0.0728. The van der Waals surface area contributed by atoms with E-state index >= 15 is 0 Å². The molecule has 2 heterocycles. The minimum atomic E-state index is -4.59. The summed E-state index contributed by atoms with van der Waals surface area (Å²) in [6, 6.07) is 12.4. The first-order chi connectivity index (χ1) is 17.0. The third kappa shape index (κ3) is 4.15. The van der Waals surface area contributed by atoms with Gasteiger partial charge in [0.25, 0.3) is 10.2 Å². The first-order valence-corrected chi connectivity index (χ1v) is 14.0. The second-order valence-corrected chi connectivity index (χ2v) is 12.6. The van der Waals surface area contributed by atoms with E-state index in [-0.39, 0.29) is 24.2 Å². The maximum atomic E-state index is 13.3. The summed E-state index contributed by atoms with van der Waals surface area (Å²) in [5.41, 5.74) is 3.12. The third-order valence-corrected chi connectivity index (χ3v) is 10.5. The first kappa shape index (κ1) is 24.0. The van der Waals surface area contributed by atoms with E-state index in [0.717, 1.165) is 45.0 Å². The van der Waals surface area contributed by atoms with E-state index in [1.807, 2.05) is 12.1 Å². The fourth-order valence-electron chi connectivity index (χ4n) is 6.13. The van der Waals surface area contributed by atoms with E-state index in [0.29, 0.717) is 17.1 Å². The molecule has 3 aliphatic rings. The molecule has 0 unspecified atom stereocenters. The van der Waals surface area contributed by atoms with Gasteiger partial charge in [0.1, 0.15) is 17.4 Å². The van der Waals surface area contributed by atoms with Gasteiger partial charge in [-0.25, -0.2) is 9.37 Å². The number of hydrogen-bond acceptors (Lipinski definition) is 4. The van der Waals surface area contributed by atoms with Crippen LogP contribution in [0.15, 0.2) is 48.7 Å². The Morgan fingerprint density at radius 1 is 1.03 bits per heavy atom. The highest BCUT2D eigenvalue weighted by Gasteiger charge is 2.60. The molecule has 2 aliphatic carbocycles. The number of nitrogens with zero attached hydrogens (tertiary/aromatic N) is 2. The maximum absolute atomic E-state index is 13.3. The van der Waals surface area contributed by atoms with Gasteiger partial charge in [-0.05, 0) is 72.4 Å². The van der Waals surface area contributed by atoms with Gasteiger partial charge in [-0.3, -0.25) is 0 Å². The topological polar surface area (TPSA) is 62.3 Å². The van der Waals surface area contributed by atoms with E-state index in [1.165, 1.54) is 23.5 Å². The fraction of sp³-hybridized carbons (Fsp3) is 0.400. The van der Waals surface area contributed by atoms with Crippen LogP contribution in [0.2, 0.25) is 0 Å². The zero-order valence-corrected chi connectivity index (χ0v) is 20.7. The molecule has 5 nitrogen and oxygen atoms in total. The molecule has 2 bridgehead atoms. The highest BCUT2D eigenvalue weighted by atomic mass is 32.2. The molecule has 1 spiro atoms. The highest BCUT2D eigenvalue weighted by Crippen LogP contribution is 2.51. The van der Waals surface area contributed by atoms with Crippen LogP contribution < -0.4 is 4.72 Å². The van der Waals surface area contributed by atoms with Crippen LogP contribution in [0.4, 0.5) is 17.6 Å². The molecule has 190 valence electrons. The van der Waals surface area contributed by atoms with Crippen LogP contribution in [0.5, 0.6) is 0 Å². The predicted molar refractivity (Wildman–Crippen MR) is 129 cm³/mol. The van der Waals surface area contributed by atoms with Gasteiger partial charge in [0, 0.05) is 18.3 Å². The van der Waals surface area contributed by atoms with Crippen molar-refractivity contribution in [3.8, 4) is 21.0 Å². The van der Waals surface area contributed by atoms with Crippen molar-refractivity contribution in [3.05, 3.63) is 65.6 Å². The van der Waals surface area contributed by atoms with Gasteiger partial charge in [0.05, 0.1) is 10.4 Å². The number of hydrogen-bond donors (Lipinski definition) is 1. The zero-order chi connectivity index (χ0) is 25.3. The van der Waals surface area contributed by atoms with Crippen LogP contribution in [0.25, 0.3) is 21.0 Å². The summed E-state index contributed by atoms with van der Waals surface area (Å²) >= 11 is 1.50. The average molecular weight is 538 g/mol. The van der Waals surface area contributed by atoms with E-state index in [4.69, 9.17) is 0 Å². The van der Waals surface area contributed by atoms with Gasteiger partial charge >= 0.3 is 6.18 Å². The molecule has 0 radical (unpaired) electrons. The molecule has 0 amide bonds. The largest absolute Gasteiger partial charge is 0.402 e. The molecule has 1 aromatic heterocycles. The summed E-state index contributed by atoms with van der Waals surface area (Å²) in [7, 11) is -4.20. The minimum Gasteiger partial charge on any atom is -0.244 e. The summed E-state index contributed by atoms with van der Waals surface area (Å²) in [6.45, 7) is -1.63. The number of halogens is 4. The number of benzene rings is 2. The Kier molecular flexibility index (Phi) is 5.56. The van der Waals surface area contributed by atoms with Gasteiger partial charge in [-0.1, -0.05) is 24.3 Å². The molecule has 3 atom stereocenters.